The molecule has 0 aliphatic heterocycles. The molecule has 9 heavy (non-hydrogen) atoms. The molecule has 0 heterocycles. The first kappa shape index (κ1) is 6.47. The summed E-state index contributed by atoms with van der Waals surface area (Å²) < 4.78 is 0. The van der Waals surface area contributed by atoms with Gasteiger partial charge in [-0.25, -0.2) is 0 Å². The van der Waals surface area contributed by atoms with Crippen molar-refractivity contribution < 1.29 is 0 Å². The molecular formula is C7H6B2. The van der Waals surface area contributed by atoms with Crippen LogP contribution in [0.15, 0.2) is 24.3 Å². The summed E-state index contributed by atoms with van der Waals surface area (Å²) in [5.41, 5.74) is 1.90. The summed E-state index contributed by atoms with van der Waals surface area (Å²) in [6.07, 6.45) is 0.584. The van der Waals surface area contributed by atoms with Gasteiger partial charge in [0.25, 0.3) is 0 Å². The zero-order valence-corrected chi connectivity index (χ0v) is 5.17. The molecule has 1 aromatic carbocycles. The van der Waals surface area contributed by atoms with Crippen LogP contribution in [0.2, 0.25) is 0 Å². The molecule has 4 radical (unpaired) electrons. The predicted molar refractivity (Wildman–Crippen MR) is 41.3 cm³/mol. The van der Waals surface area contributed by atoms with Gasteiger partial charge in [-0.05, 0) is 0 Å². The van der Waals surface area contributed by atoms with Crippen molar-refractivity contribution in [2.24, 2.45) is 0 Å². The van der Waals surface area contributed by atoms with Gasteiger partial charge in [0.1, 0.15) is 7.85 Å². The van der Waals surface area contributed by atoms with E-state index in [0.717, 1.165) is 11.0 Å². The highest BCUT2D eigenvalue weighted by molar-refractivity contribution is 6.32. The Morgan fingerprint density at radius 1 is 1.11 bits per heavy atom. The minimum atomic E-state index is 0.584. The highest BCUT2D eigenvalue weighted by Crippen LogP contribution is 1.93. The summed E-state index contributed by atoms with van der Waals surface area (Å²) in [5, 5.41) is 0. The first-order chi connectivity index (χ1) is 4.33. The van der Waals surface area contributed by atoms with Crippen molar-refractivity contribution in [3.8, 4) is 0 Å². The summed E-state index contributed by atoms with van der Waals surface area (Å²) in [5.74, 6) is 0. The Labute approximate surface area is 58.1 Å². The average molecular weight is 112 g/mol. The Kier molecular flexibility index (Phi) is 1.99. The van der Waals surface area contributed by atoms with Crippen molar-refractivity contribution in [2.45, 2.75) is 6.32 Å². The van der Waals surface area contributed by atoms with Crippen molar-refractivity contribution in [1.29, 1.82) is 0 Å². The summed E-state index contributed by atoms with van der Waals surface area (Å²) in [7, 11) is 10.8. The van der Waals surface area contributed by atoms with Crippen LogP contribution in [0.5, 0.6) is 0 Å². The molecule has 0 aromatic heterocycles. The molecule has 0 N–H and O–H groups in total. The monoisotopic (exact) mass is 112 g/mol. The van der Waals surface area contributed by atoms with Gasteiger partial charge in [0.15, 0.2) is 0 Å². The van der Waals surface area contributed by atoms with Crippen molar-refractivity contribution >= 4 is 21.2 Å². The van der Waals surface area contributed by atoms with Crippen molar-refractivity contribution in [1.82, 2.24) is 0 Å². The lowest BCUT2D eigenvalue weighted by Gasteiger charge is -1.94. The van der Waals surface area contributed by atoms with E-state index in [2.05, 4.69) is 0 Å². The summed E-state index contributed by atoms with van der Waals surface area (Å²) in [4.78, 5) is 0. The maximum absolute atomic E-state index is 5.44. The van der Waals surface area contributed by atoms with Crippen LogP contribution in [-0.2, 0) is 6.32 Å². The maximum Gasteiger partial charge on any atom is 0.113 e. The Morgan fingerprint density at radius 2 is 1.67 bits per heavy atom. The lowest BCUT2D eigenvalue weighted by Crippen LogP contribution is -2.00. The molecule has 0 spiro atoms. The molecule has 2 heteroatoms. The first-order valence-electron chi connectivity index (χ1n) is 2.87. The van der Waals surface area contributed by atoms with E-state index in [1.165, 1.54) is 0 Å². The van der Waals surface area contributed by atoms with Gasteiger partial charge in [-0.3, -0.25) is 0 Å². The largest absolute Gasteiger partial charge is 0.113 e. The van der Waals surface area contributed by atoms with Gasteiger partial charge in [-0.2, -0.15) is 0 Å². The number of rotatable bonds is 1. The molecule has 0 saturated carbocycles. The van der Waals surface area contributed by atoms with Crippen LogP contribution >= 0.6 is 0 Å². The molecular weight excluding hydrogens is 106 g/mol. The van der Waals surface area contributed by atoms with E-state index in [0.29, 0.717) is 6.32 Å². The van der Waals surface area contributed by atoms with Crippen LogP contribution in [0.4, 0.5) is 0 Å². The van der Waals surface area contributed by atoms with Gasteiger partial charge in [0, 0.05) is 0 Å². The molecule has 1 aromatic rings. The van der Waals surface area contributed by atoms with E-state index in [9.17, 15) is 0 Å². The standard InChI is InChI=1S/C7H6B2/c8-5-6-1-3-7(9)4-2-6/h1-4H,5H2. The van der Waals surface area contributed by atoms with E-state index in [1.807, 2.05) is 24.3 Å². The molecule has 0 fully saturated rings. The van der Waals surface area contributed by atoms with Gasteiger partial charge in [0.05, 0.1) is 7.85 Å². The second-order valence-corrected chi connectivity index (χ2v) is 1.95. The Balaban J connectivity index is 2.88. The van der Waals surface area contributed by atoms with Gasteiger partial charge in [-0.1, -0.05) is 41.6 Å². The van der Waals surface area contributed by atoms with Crippen molar-refractivity contribution in [2.75, 3.05) is 0 Å². The average Bonchev–Trinajstić information content (AvgIpc) is 1.90. The molecule has 0 atom stereocenters. The Morgan fingerprint density at radius 3 is 2.11 bits per heavy atom. The Bertz CT molecular complexity index is 179. The summed E-state index contributed by atoms with van der Waals surface area (Å²) in [6.45, 7) is 0. The molecule has 1 rings (SSSR count). The molecule has 0 nitrogen and oxygen atoms in total. The quantitative estimate of drug-likeness (QED) is 0.453. The fourth-order valence-electron chi connectivity index (χ4n) is 0.654. The summed E-state index contributed by atoms with van der Waals surface area (Å²) in [6, 6.07) is 7.55. The fourth-order valence-corrected chi connectivity index (χ4v) is 0.654. The van der Waals surface area contributed by atoms with E-state index in [1.54, 1.807) is 0 Å². The van der Waals surface area contributed by atoms with E-state index < -0.39 is 0 Å². The van der Waals surface area contributed by atoms with E-state index in [-0.39, 0.29) is 0 Å². The van der Waals surface area contributed by atoms with Crippen molar-refractivity contribution in [3.63, 3.8) is 0 Å². The second kappa shape index (κ2) is 2.77. The minimum Gasteiger partial charge on any atom is -0.0967 e. The number of hydrogen-bond acceptors (Lipinski definition) is 0. The van der Waals surface area contributed by atoms with Crippen LogP contribution < -0.4 is 5.46 Å². The van der Waals surface area contributed by atoms with E-state index >= 15 is 0 Å². The lowest BCUT2D eigenvalue weighted by molar-refractivity contribution is 1.41. The van der Waals surface area contributed by atoms with Gasteiger partial charge < -0.3 is 0 Å². The smallest absolute Gasteiger partial charge is 0.0967 e. The normalized spacial score (nSPS) is 9.33. The maximum atomic E-state index is 5.44. The zero-order valence-electron chi connectivity index (χ0n) is 5.17. The molecule has 0 amide bonds. The zero-order chi connectivity index (χ0) is 6.69. The van der Waals surface area contributed by atoms with Crippen LogP contribution in [0.25, 0.3) is 0 Å². The SMILES string of the molecule is [B]Cc1ccc([B])cc1. The highest BCUT2D eigenvalue weighted by atomic mass is 13.9. The lowest BCUT2D eigenvalue weighted by atomic mass is 9.91. The van der Waals surface area contributed by atoms with Crippen molar-refractivity contribution in [3.05, 3.63) is 29.8 Å². The molecule has 0 aliphatic rings. The molecule has 0 saturated heterocycles. The van der Waals surface area contributed by atoms with Crippen LogP contribution in [-0.4, -0.2) is 15.7 Å². The number of hydrogen-bond donors (Lipinski definition) is 0. The summed E-state index contributed by atoms with van der Waals surface area (Å²) >= 11 is 0. The molecule has 0 bridgehead atoms. The number of benzene rings is 1. The molecule has 40 valence electrons. The molecule has 0 aliphatic carbocycles. The van der Waals surface area contributed by atoms with Gasteiger partial charge in [-0.15, -0.1) is 0 Å². The topological polar surface area (TPSA) is 0 Å². The second-order valence-electron chi connectivity index (χ2n) is 1.95. The molecule has 0 unspecified atom stereocenters. The first-order valence-corrected chi connectivity index (χ1v) is 2.87. The fraction of sp³-hybridized carbons (Fsp3) is 0.143. The Hall–Kier alpha value is -0.650. The third-order valence-corrected chi connectivity index (χ3v) is 1.22. The highest BCUT2D eigenvalue weighted by Gasteiger charge is 1.84. The third kappa shape index (κ3) is 1.63. The minimum absolute atomic E-state index is 0.584. The van der Waals surface area contributed by atoms with E-state index in [4.69, 9.17) is 15.7 Å². The van der Waals surface area contributed by atoms with Crippen LogP contribution in [0.3, 0.4) is 0 Å². The van der Waals surface area contributed by atoms with Crippen LogP contribution in [0, 0.1) is 0 Å². The van der Waals surface area contributed by atoms with Gasteiger partial charge in [0.2, 0.25) is 0 Å². The predicted octanol–water partition coefficient (Wildman–Crippen LogP) is 0.149. The van der Waals surface area contributed by atoms with Gasteiger partial charge >= 0.3 is 0 Å². The third-order valence-electron chi connectivity index (χ3n) is 1.22. The van der Waals surface area contributed by atoms with Crippen LogP contribution in [0.1, 0.15) is 5.56 Å².